The van der Waals surface area contributed by atoms with Gasteiger partial charge in [0.1, 0.15) is 0 Å². The second kappa shape index (κ2) is 8.91. The van der Waals surface area contributed by atoms with E-state index in [1.807, 2.05) is 24.4 Å². The Morgan fingerprint density at radius 2 is 1.90 bits per heavy atom. The number of rotatable bonds is 6. The third kappa shape index (κ3) is 4.78. The van der Waals surface area contributed by atoms with Crippen molar-refractivity contribution in [2.24, 2.45) is 5.92 Å². The summed E-state index contributed by atoms with van der Waals surface area (Å²) in [5, 5.41) is 6.38. The van der Waals surface area contributed by atoms with Crippen LogP contribution in [0.4, 0.5) is 5.69 Å². The number of aromatic nitrogens is 1. The predicted octanol–water partition coefficient (Wildman–Crippen LogP) is 2.32. The van der Waals surface area contributed by atoms with Gasteiger partial charge in [-0.15, -0.1) is 0 Å². The first-order valence-corrected chi connectivity index (χ1v) is 11.6. The maximum atomic E-state index is 12.8. The molecule has 1 atom stereocenters. The second-order valence-corrected chi connectivity index (χ2v) is 9.50. The van der Waals surface area contributed by atoms with E-state index in [9.17, 15) is 18.0 Å². The Kier molecular flexibility index (Phi) is 6.06. The zero-order valence-electron chi connectivity index (χ0n) is 16.9. The molecule has 8 nitrogen and oxygen atoms in total. The van der Waals surface area contributed by atoms with Gasteiger partial charge >= 0.3 is 0 Å². The molecular formula is C22H24N4O4S. The second-order valence-electron chi connectivity index (χ2n) is 7.56. The number of fused-ring (bicyclic) bond motifs is 1. The Morgan fingerprint density at radius 1 is 1.10 bits per heavy atom. The maximum Gasteiger partial charge on any atom is 0.243 e. The van der Waals surface area contributed by atoms with Gasteiger partial charge in [0.05, 0.1) is 17.4 Å². The van der Waals surface area contributed by atoms with Crippen molar-refractivity contribution in [2.75, 3.05) is 25.0 Å². The Balaban J connectivity index is 1.32. The van der Waals surface area contributed by atoms with Crippen LogP contribution >= 0.6 is 0 Å². The summed E-state index contributed by atoms with van der Waals surface area (Å²) in [6, 6.07) is 15.6. The average Bonchev–Trinajstić information content (AvgIpc) is 3.26. The lowest BCUT2D eigenvalue weighted by molar-refractivity contribution is -0.128. The van der Waals surface area contributed by atoms with Crippen molar-refractivity contribution < 1.29 is 18.0 Å². The summed E-state index contributed by atoms with van der Waals surface area (Å²) >= 11 is 0. The van der Waals surface area contributed by atoms with E-state index in [1.165, 1.54) is 4.31 Å². The van der Waals surface area contributed by atoms with Crippen LogP contribution in [0.1, 0.15) is 12.8 Å². The van der Waals surface area contributed by atoms with Gasteiger partial charge in [-0.2, -0.15) is 4.31 Å². The molecule has 0 bridgehead atoms. The number of nitrogens with zero attached hydrogens (tertiary/aromatic N) is 1. The third-order valence-corrected chi connectivity index (χ3v) is 7.28. The lowest BCUT2D eigenvalue weighted by atomic mass is 9.99. The minimum atomic E-state index is -3.64. The molecule has 3 aromatic rings. The largest absolute Gasteiger partial charge is 0.361 e. The summed E-state index contributed by atoms with van der Waals surface area (Å²) < 4.78 is 27.0. The van der Waals surface area contributed by atoms with E-state index in [2.05, 4.69) is 15.6 Å². The van der Waals surface area contributed by atoms with Gasteiger partial charge in [0.15, 0.2) is 0 Å². The van der Waals surface area contributed by atoms with Crippen LogP contribution in [0.15, 0.2) is 65.7 Å². The highest BCUT2D eigenvalue weighted by atomic mass is 32.2. The first kappa shape index (κ1) is 21.1. The molecule has 1 saturated heterocycles. The van der Waals surface area contributed by atoms with Crippen molar-refractivity contribution >= 4 is 38.4 Å². The van der Waals surface area contributed by atoms with Crippen molar-refractivity contribution in [3.8, 4) is 0 Å². The third-order valence-electron chi connectivity index (χ3n) is 5.40. The van der Waals surface area contributed by atoms with Crippen LogP contribution in [-0.4, -0.2) is 49.2 Å². The molecular weight excluding hydrogens is 416 g/mol. The standard InChI is InChI=1S/C22H24N4O4S/c27-21(25-18-8-9-20-16(13-18)10-11-23-20)14-24-22(28)17-5-4-12-26(15-17)31(29,30)19-6-2-1-3-7-19/h1-3,6-11,13,17,23H,4-5,12,14-15H2,(H,24,28)(H,25,27). The Labute approximate surface area is 180 Å². The van der Waals surface area contributed by atoms with Gasteiger partial charge in [-0.25, -0.2) is 8.42 Å². The highest BCUT2D eigenvalue weighted by Crippen LogP contribution is 2.24. The summed E-state index contributed by atoms with van der Waals surface area (Å²) in [5.74, 6) is -1.15. The number of carbonyl (C=O) groups excluding carboxylic acids is 2. The van der Waals surface area contributed by atoms with Crippen LogP contribution in [-0.2, 0) is 19.6 Å². The summed E-state index contributed by atoms with van der Waals surface area (Å²) in [6.45, 7) is 0.309. The van der Waals surface area contributed by atoms with Crippen molar-refractivity contribution in [1.82, 2.24) is 14.6 Å². The number of H-pyrrole nitrogens is 1. The predicted molar refractivity (Wildman–Crippen MR) is 118 cm³/mol. The fraction of sp³-hybridized carbons (Fsp3) is 0.273. The number of nitrogens with one attached hydrogen (secondary N) is 3. The molecule has 1 aromatic heterocycles. The average molecular weight is 441 g/mol. The first-order valence-electron chi connectivity index (χ1n) is 10.1. The maximum absolute atomic E-state index is 12.8. The van der Waals surface area contributed by atoms with Gasteiger partial charge in [0.25, 0.3) is 0 Å². The van der Waals surface area contributed by atoms with Gasteiger partial charge in [-0.05, 0) is 49.2 Å². The molecule has 2 heterocycles. The monoisotopic (exact) mass is 440 g/mol. The molecule has 0 spiro atoms. The van der Waals surface area contributed by atoms with E-state index in [0.717, 1.165) is 10.9 Å². The fourth-order valence-corrected chi connectivity index (χ4v) is 5.31. The van der Waals surface area contributed by atoms with Crippen LogP contribution in [0.3, 0.4) is 0 Å². The number of carbonyl (C=O) groups is 2. The number of hydrogen-bond acceptors (Lipinski definition) is 4. The topological polar surface area (TPSA) is 111 Å². The molecule has 2 amide bonds. The van der Waals surface area contributed by atoms with E-state index in [1.54, 1.807) is 36.4 Å². The van der Waals surface area contributed by atoms with Crippen molar-refractivity contribution in [3.63, 3.8) is 0 Å². The lowest BCUT2D eigenvalue weighted by Crippen LogP contribution is -2.46. The minimum absolute atomic E-state index is 0.106. The number of aromatic amines is 1. The summed E-state index contributed by atoms with van der Waals surface area (Å²) in [7, 11) is -3.64. The van der Waals surface area contributed by atoms with Crippen molar-refractivity contribution in [3.05, 3.63) is 60.8 Å². The van der Waals surface area contributed by atoms with Gasteiger partial charge < -0.3 is 15.6 Å². The molecule has 1 aliphatic heterocycles. The Morgan fingerprint density at radius 3 is 2.71 bits per heavy atom. The van der Waals surface area contributed by atoms with Crippen molar-refractivity contribution in [2.45, 2.75) is 17.7 Å². The zero-order valence-corrected chi connectivity index (χ0v) is 17.7. The molecule has 1 unspecified atom stereocenters. The molecule has 0 radical (unpaired) electrons. The Hall–Kier alpha value is -3.17. The first-order chi connectivity index (χ1) is 14.9. The molecule has 2 aromatic carbocycles. The van der Waals surface area contributed by atoms with Gasteiger partial charge in [-0.3, -0.25) is 9.59 Å². The molecule has 1 fully saturated rings. The lowest BCUT2D eigenvalue weighted by Gasteiger charge is -2.31. The summed E-state index contributed by atoms with van der Waals surface area (Å²) in [6.07, 6.45) is 2.99. The fourth-order valence-electron chi connectivity index (χ4n) is 3.76. The summed E-state index contributed by atoms with van der Waals surface area (Å²) in [4.78, 5) is 28.1. The summed E-state index contributed by atoms with van der Waals surface area (Å²) in [5.41, 5.74) is 1.61. The SMILES string of the molecule is O=C(CNC(=O)C1CCCN(S(=O)(=O)c2ccccc2)C1)Nc1ccc2[nH]ccc2c1. The molecule has 4 rings (SSSR count). The molecule has 9 heteroatoms. The number of benzene rings is 2. The van der Waals surface area contributed by atoms with E-state index in [4.69, 9.17) is 0 Å². The minimum Gasteiger partial charge on any atom is -0.361 e. The molecule has 3 N–H and O–H groups in total. The van der Waals surface area contributed by atoms with Gasteiger partial charge in [-0.1, -0.05) is 18.2 Å². The highest BCUT2D eigenvalue weighted by molar-refractivity contribution is 7.89. The molecule has 0 saturated carbocycles. The van der Waals surface area contributed by atoms with Crippen LogP contribution in [0.5, 0.6) is 0 Å². The smallest absolute Gasteiger partial charge is 0.243 e. The van der Waals surface area contributed by atoms with E-state index in [-0.39, 0.29) is 29.8 Å². The van der Waals surface area contributed by atoms with E-state index < -0.39 is 15.9 Å². The van der Waals surface area contributed by atoms with Crippen LogP contribution in [0, 0.1) is 5.92 Å². The molecule has 0 aliphatic carbocycles. The highest BCUT2D eigenvalue weighted by Gasteiger charge is 2.33. The number of hydrogen-bond donors (Lipinski definition) is 3. The van der Waals surface area contributed by atoms with Crippen LogP contribution in [0.2, 0.25) is 0 Å². The van der Waals surface area contributed by atoms with E-state index in [0.29, 0.717) is 25.1 Å². The molecule has 162 valence electrons. The quantitative estimate of drug-likeness (QED) is 0.546. The van der Waals surface area contributed by atoms with E-state index >= 15 is 0 Å². The van der Waals surface area contributed by atoms with Crippen molar-refractivity contribution in [1.29, 1.82) is 0 Å². The molecule has 31 heavy (non-hydrogen) atoms. The molecule has 1 aliphatic rings. The number of sulfonamides is 1. The van der Waals surface area contributed by atoms with Gasteiger partial charge in [0.2, 0.25) is 21.8 Å². The number of amides is 2. The number of piperidine rings is 1. The Bertz CT molecular complexity index is 1190. The van der Waals surface area contributed by atoms with Crippen LogP contribution in [0.25, 0.3) is 10.9 Å². The van der Waals surface area contributed by atoms with Crippen LogP contribution < -0.4 is 10.6 Å². The number of anilines is 1. The van der Waals surface area contributed by atoms with Gasteiger partial charge in [0, 0.05) is 35.9 Å². The zero-order chi connectivity index (χ0) is 21.8. The normalized spacial score (nSPS) is 17.4.